The quantitative estimate of drug-likeness (QED) is 0.162. The Kier molecular flexibility index (Phi) is 6.48. The van der Waals surface area contributed by atoms with Crippen molar-refractivity contribution in [3.63, 3.8) is 0 Å². The number of benzene rings is 1. The van der Waals surface area contributed by atoms with Gasteiger partial charge in [0.05, 0.1) is 24.8 Å². The fraction of sp³-hybridized carbons (Fsp3) is 0.577. The first-order valence-corrected chi connectivity index (χ1v) is 13.9. The normalized spacial score (nSPS) is 30.2. The van der Waals surface area contributed by atoms with Crippen molar-refractivity contribution in [1.29, 1.82) is 0 Å². The van der Waals surface area contributed by atoms with Crippen LogP contribution >= 0.6 is 0 Å². The molecule has 18 heteroatoms. The van der Waals surface area contributed by atoms with Crippen LogP contribution in [0.4, 0.5) is 18.0 Å². The molecule has 5 aliphatic heterocycles. The van der Waals surface area contributed by atoms with Gasteiger partial charge in [0.1, 0.15) is 30.9 Å². The lowest BCUT2D eigenvalue weighted by molar-refractivity contribution is -0.230. The van der Waals surface area contributed by atoms with Crippen LogP contribution in [-0.4, -0.2) is 123 Å². The van der Waals surface area contributed by atoms with Crippen molar-refractivity contribution in [2.75, 3.05) is 32.8 Å². The molecule has 2 saturated heterocycles. The summed E-state index contributed by atoms with van der Waals surface area (Å²) in [6.07, 6.45) is -3.99. The Labute approximate surface area is 248 Å². The standard InChI is InChI=1S/C26H32F3N9O6/c1-23(2)6-7-44-17-12(4-3-5-13(17)23)19(40)33-15-9-38-21(31)32-14(18-25(38,26(15,42)43)35-20(30)34-18)8-37-16(39)10-36(22(37)41)11-24(27,28)29/h3-5,14-15,18,42-43H,6-11H2,1-2H3,(H2,31,32)(H,33,40)(H3,30,34,35)/t14-,15?,18-,25-/m0/s1. The number of nitrogens with one attached hydrogen (secondary N) is 2. The molecule has 15 nitrogen and oxygen atoms in total. The summed E-state index contributed by atoms with van der Waals surface area (Å²) < 4.78 is 44.7. The molecule has 0 saturated carbocycles. The number of imide groups is 1. The van der Waals surface area contributed by atoms with Gasteiger partial charge in [-0.05, 0) is 17.9 Å². The van der Waals surface area contributed by atoms with Gasteiger partial charge in [-0.15, -0.1) is 0 Å². The van der Waals surface area contributed by atoms with Gasteiger partial charge >= 0.3 is 12.2 Å². The number of nitrogens with two attached hydrogens (primary N) is 2. The summed E-state index contributed by atoms with van der Waals surface area (Å²) in [6, 6.07) is 0.0198. The number of aliphatic hydroxyl groups is 2. The van der Waals surface area contributed by atoms with Gasteiger partial charge in [-0.3, -0.25) is 14.5 Å². The molecular formula is C26H32F3N9O6. The molecule has 2 fully saturated rings. The zero-order chi connectivity index (χ0) is 32.0. The first kappa shape index (κ1) is 29.7. The molecule has 1 aromatic carbocycles. The number of ether oxygens (including phenoxy) is 1. The number of alkyl halides is 3. The Morgan fingerprint density at radius 3 is 2.66 bits per heavy atom. The van der Waals surface area contributed by atoms with Crippen LogP contribution in [0.2, 0.25) is 0 Å². The maximum absolute atomic E-state index is 13.6. The van der Waals surface area contributed by atoms with Crippen LogP contribution in [0.3, 0.4) is 0 Å². The molecule has 0 aromatic heterocycles. The molecule has 4 amide bonds. The van der Waals surface area contributed by atoms with E-state index < -0.39 is 73.2 Å². The summed E-state index contributed by atoms with van der Waals surface area (Å²) in [7, 11) is 0. The number of carbonyl (C=O) groups is 3. The molecule has 4 atom stereocenters. The molecule has 1 aromatic rings. The molecule has 1 unspecified atom stereocenters. The number of fused-ring (bicyclic) bond motifs is 1. The average molecular weight is 624 g/mol. The second kappa shape index (κ2) is 9.59. The second-order valence-electron chi connectivity index (χ2n) is 12.2. The van der Waals surface area contributed by atoms with Gasteiger partial charge in [-0.25, -0.2) is 14.8 Å². The highest BCUT2D eigenvalue weighted by Gasteiger charge is 2.73. The van der Waals surface area contributed by atoms with Crippen LogP contribution < -0.4 is 26.8 Å². The Morgan fingerprint density at radius 1 is 1.23 bits per heavy atom. The molecule has 6 rings (SSSR count). The van der Waals surface area contributed by atoms with Crippen LogP contribution in [0.25, 0.3) is 0 Å². The van der Waals surface area contributed by atoms with Gasteiger partial charge in [-0.1, -0.05) is 26.0 Å². The number of hydrogen-bond acceptors (Lipinski definition) is 12. The molecule has 8 N–H and O–H groups in total. The molecule has 5 heterocycles. The Bertz CT molecular complexity index is 1500. The van der Waals surface area contributed by atoms with Gasteiger partial charge in [0.15, 0.2) is 17.6 Å². The lowest BCUT2D eigenvalue weighted by atomic mass is 9.79. The van der Waals surface area contributed by atoms with E-state index >= 15 is 0 Å². The number of halogens is 3. The van der Waals surface area contributed by atoms with Crippen molar-refractivity contribution in [1.82, 2.24) is 25.3 Å². The predicted octanol–water partition coefficient (Wildman–Crippen LogP) is -1.65. The lowest BCUT2D eigenvalue weighted by Crippen LogP contribution is -2.78. The van der Waals surface area contributed by atoms with Crippen LogP contribution in [0.15, 0.2) is 28.2 Å². The fourth-order valence-electron chi connectivity index (χ4n) is 6.72. The van der Waals surface area contributed by atoms with E-state index in [1.807, 2.05) is 19.9 Å². The van der Waals surface area contributed by atoms with E-state index in [4.69, 9.17) is 16.2 Å². The van der Waals surface area contributed by atoms with E-state index in [1.54, 1.807) is 12.1 Å². The monoisotopic (exact) mass is 623 g/mol. The summed E-state index contributed by atoms with van der Waals surface area (Å²) in [5, 5.41) is 28.8. The third-order valence-electron chi connectivity index (χ3n) is 8.94. The number of guanidine groups is 2. The summed E-state index contributed by atoms with van der Waals surface area (Å²) in [5.74, 6) is -4.50. The van der Waals surface area contributed by atoms with Crippen molar-refractivity contribution < 1.29 is 42.5 Å². The number of para-hydroxylation sites is 1. The Balaban J connectivity index is 1.28. The Morgan fingerprint density at radius 2 is 1.95 bits per heavy atom. The van der Waals surface area contributed by atoms with Crippen molar-refractivity contribution in [2.24, 2.45) is 21.5 Å². The maximum Gasteiger partial charge on any atom is 0.406 e. The van der Waals surface area contributed by atoms with Crippen molar-refractivity contribution in [2.45, 2.75) is 61.4 Å². The number of aliphatic imine (C=N–C) groups is 2. The van der Waals surface area contributed by atoms with Gasteiger partial charge in [0.2, 0.25) is 11.7 Å². The highest BCUT2D eigenvalue weighted by atomic mass is 19.4. The number of amides is 4. The van der Waals surface area contributed by atoms with E-state index in [0.717, 1.165) is 12.0 Å². The molecule has 5 aliphatic rings. The highest BCUT2D eigenvalue weighted by Crippen LogP contribution is 2.46. The molecule has 44 heavy (non-hydrogen) atoms. The first-order valence-electron chi connectivity index (χ1n) is 13.9. The smallest absolute Gasteiger partial charge is 0.406 e. The van der Waals surface area contributed by atoms with Gasteiger partial charge in [0.25, 0.3) is 5.91 Å². The third kappa shape index (κ3) is 4.37. The van der Waals surface area contributed by atoms with Crippen LogP contribution in [0.1, 0.15) is 36.2 Å². The number of carbonyl (C=O) groups excluding carboxylic acids is 3. The molecule has 0 aliphatic carbocycles. The second-order valence-corrected chi connectivity index (χ2v) is 12.2. The first-order chi connectivity index (χ1) is 20.5. The molecule has 0 bridgehead atoms. The molecule has 238 valence electrons. The van der Waals surface area contributed by atoms with E-state index in [9.17, 15) is 37.8 Å². The number of urea groups is 1. The topological polar surface area (TPSA) is 211 Å². The minimum absolute atomic E-state index is 0.189. The third-order valence-corrected chi connectivity index (χ3v) is 8.94. The maximum atomic E-state index is 13.6. The summed E-state index contributed by atoms with van der Waals surface area (Å²) in [6.45, 7) is 1.20. The largest absolute Gasteiger partial charge is 0.492 e. The summed E-state index contributed by atoms with van der Waals surface area (Å²) in [5.41, 5.74) is 11.0. The molecule has 1 spiro atoms. The zero-order valence-electron chi connectivity index (χ0n) is 23.8. The minimum Gasteiger partial charge on any atom is -0.492 e. The molecular weight excluding hydrogens is 591 g/mol. The van der Waals surface area contributed by atoms with Crippen LogP contribution in [0, 0.1) is 0 Å². The van der Waals surface area contributed by atoms with E-state index in [-0.39, 0.29) is 29.4 Å². The summed E-state index contributed by atoms with van der Waals surface area (Å²) >= 11 is 0. The molecule has 0 radical (unpaired) electrons. The van der Waals surface area contributed by atoms with Gasteiger partial charge in [-0.2, -0.15) is 13.2 Å². The van der Waals surface area contributed by atoms with Gasteiger partial charge in [0, 0.05) is 12.1 Å². The minimum atomic E-state index is -4.73. The highest BCUT2D eigenvalue weighted by molar-refractivity contribution is 6.02. The Hall–Kier alpha value is -4.32. The predicted molar refractivity (Wildman–Crippen MR) is 146 cm³/mol. The van der Waals surface area contributed by atoms with E-state index in [1.165, 1.54) is 4.90 Å². The average Bonchev–Trinajstić information content (AvgIpc) is 3.48. The van der Waals surface area contributed by atoms with Crippen molar-refractivity contribution in [3.8, 4) is 5.75 Å². The summed E-state index contributed by atoms with van der Waals surface area (Å²) in [4.78, 5) is 49.6. The van der Waals surface area contributed by atoms with Crippen molar-refractivity contribution >= 4 is 29.8 Å². The van der Waals surface area contributed by atoms with E-state index in [2.05, 4.69) is 20.6 Å². The zero-order valence-corrected chi connectivity index (χ0v) is 23.8. The lowest BCUT2D eigenvalue weighted by Gasteiger charge is -2.49. The fourth-order valence-corrected chi connectivity index (χ4v) is 6.72. The van der Waals surface area contributed by atoms with Gasteiger partial charge < -0.3 is 46.9 Å². The number of hydrogen-bond donors (Lipinski definition) is 6. The van der Waals surface area contributed by atoms with Crippen LogP contribution in [-0.2, 0) is 10.2 Å². The SMILES string of the molecule is CC1(C)CCOc2c(C(=O)NC3CN4C(N)=N[C@@H](CN5C(=O)CN(CC(F)(F)F)C5=O)[C@@H]5N=C(N)N[C@@]54C3(O)O)cccc21. The van der Waals surface area contributed by atoms with E-state index in [0.29, 0.717) is 22.2 Å². The van der Waals surface area contributed by atoms with Crippen molar-refractivity contribution in [3.05, 3.63) is 29.3 Å². The van der Waals surface area contributed by atoms with Crippen LogP contribution in [0.5, 0.6) is 5.75 Å². The number of nitrogens with zero attached hydrogens (tertiary/aromatic N) is 5. The number of rotatable bonds is 5.